The van der Waals surface area contributed by atoms with E-state index in [4.69, 9.17) is 0 Å². The van der Waals surface area contributed by atoms with Crippen molar-refractivity contribution < 1.29 is 12.8 Å². The Morgan fingerprint density at radius 3 is 2.75 bits per heavy atom. The lowest BCUT2D eigenvalue weighted by Crippen LogP contribution is -2.53. The number of anilines is 1. The maximum Gasteiger partial charge on any atom is 0.194 e. The molecule has 0 aliphatic carbocycles. The average molecular weight is 523 g/mol. The predicted octanol–water partition coefficient (Wildman–Crippen LogP) is 1.53. The molecule has 2 aliphatic rings. The lowest BCUT2D eigenvalue weighted by molar-refractivity contribution is 0.369. The third kappa shape index (κ3) is 6.03. The normalized spacial score (nSPS) is 21.9. The van der Waals surface area contributed by atoms with E-state index in [9.17, 15) is 12.8 Å². The number of nitrogens with one attached hydrogen (secondary N) is 1. The zero-order valence-corrected chi connectivity index (χ0v) is 18.9. The van der Waals surface area contributed by atoms with E-state index in [0.29, 0.717) is 51.5 Å². The van der Waals surface area contributed by atoms with Crippen LogP contribution in [0.1, 0.15) is 6.42 Å². The number of nitrogens with zero attached hydrogens (tertiary/aromatic N) is 4. The van der Waals surface area contributed by atoms with E-state index >= 15 is 0 Å². The smallest absolute Gasteiger partial charge is 0.194 e. The number of halogens is 2. The second kappa shape index (κ2) is 10.4. The third-order valence-electron chi connectivity index (χ3n) is 4.85. The van der Waals surface area contributed by atoms with Crippen LogP contribution in [-0.2, 0) is 9.84 Å². The molecular weight excluding hydrogens is 496 g/mol. The molecule has 1 unspecified atom stereocenters. The summed E-state index contributed by atoms with van der Waals surface area (Å²) in [6.45, 7) is 7.44. The van der Waals surface area contributed by atoms with Crippen LogP contribution >= 0.6 is 24.0 Å². The number of piperazine rings is 1. The van der Waals surface area contributed by atoms with Gasteiger partial charge in [-0.2, -0.15) is 0 Å². The first-order valence-corrected chi connectivity index (χ1v) is 11.0. The molecule has 1 N–H and O–H groups in total. The predicted molar refractivity (Wildman–Crippen MR) is 121 cm³/mol. The van der Waals surface area contributed by atoms with Gasteiger partial charge in [-0.1, -0.05) is 6.08 Å². The fourth-order valence-corrected chi connectivity index (χ4v) is 5.25. The van der Waals surface area contributed by atoms with Crippen LogP contribution in [0.3, 0.4) is 0 Å². The highest BCUT2D eigenvalue weighted by molar-refractivity contribution is 14.0. The number of aliphatic imine (C=N–C) groups is 1. The number of pyridine rings is 1. The van der Waals surface area contributed by atoms with Crippen LogP contribution in [-0.4, -0.2) is 75.0 Å². The molecular formula is C18H27FIN5O2S. The molecule has 2 saturated heterocycles. The van der Waals surface area contributed by atoms with Gasteiger partial charge in [-0.15, -0.1) is 30.6 Å². The minimum Gasteiger partial charge on any atom is -0.353 e. The van der Waals surface area contributed by atoms with Gasteiger partial charge < -0.3 is 15.1 Å². The van der Waals surface area contributed by atoms with Crippen LogP contribution < -0.4 is 10.2 Å². The number of hydrogen-bond donors (Lipinski definition) is 1. The Labute approximate surface area is 183 Å². The molecule has 10 heteroatoms. The summed E-state index contributed by atoms with van der Waals surface area (Å²) >= 11 is 0. The van der Waals surface area contributed by atoms with Crippen LogP contribution in [0.15, 0.2) is 36.0 Å². The second-order valence-corrected chi connectivity index (χ2v) is 9.11. The van der Waals surface area contributed by atoms with Gasteiger partial charge in [0.1, 0.15) is 0 Å². The Morgan fingerprint density at radius 1 is 1.39 bits per heavy atom. The fourth-order valence-electron chi connectivity index (χ4n) is 3.40. The minimum absolute atomic E-state index is 0. The Morgan fingerprint density at radius 2 is 2.14 bits per heavy atom. The SMILES string of the molecule is C=CCNC(=NCC1CCS(=O)(=O)C1)N1CCN(c2ncccc2F)CC1.I. The van der Waals surface area contributed by atoms with E-state index < -0.39 is 9.84 Å². The molecule has 3 heterocycles. The highest BCUT2D eigenvalue weighted by Gasteiger charge is 2.28. The molecule has 2 fully saturated rings. The van der Waals surface area contributed by atoms with Crippen molar-refractivity contribution >= 4 is 45.6 Å². The van der Waals surface area contributed by atoms with Crippen LogP contribution in [0.25, 0.3) is 0 Å². The van der Waals surface area contributed by atoms with Crippen LogP contribution in [0.2, 0.25) is 0 Å². The standard InChI is InChI=1S/C18H26FN5O2S.HI/c1-2-6-21-18(22-13-15-5-12-27(25,26)14-15)24-10-8-23(9-11-24)17-16(19)4-3-7-20-17;/h2-4,7,15H,1,5-6,8-14H2,(H,21,22);1H. The van der Waals surface area contributed by atoms with Gasteiger partial charge in [0, 0.05) is 45.5 Å². The van der Waals surface area contributed by atoms with Crippen molar-refractivity contribution in [3.63, 3.8) is 0 Å². The summed E-state index contributed by atoms with van der Waals surface area (Å²) in [6, 6.07) is 3.01. The maximum absolute atomic E-state index is 13.9. The van der Waals surface area contributed by atoms with E-state index in [1.54, 1.807) is 18.3 Å². The first kappa shape index (κ1) is 22.9. The molecule has 0 radical (unpaired) electrons. The monoisotopic (exact) mass is 523 g/mol. The molecule has 156 valence electrons. The van der Waals surface area contributed by atoms with Crippen molar-refractivity contribution in [2.75, 3.05) is 55.7 Å². The van der Waals surface area contributed by atoms with Gasteiger partial charge in [-0.3, -0.25) is 4.99 Å². The van der Waals surface area contributed by atoms with Crippen molar-refractivity contribution in [1.29, 1.82) is 0 Å². The van der Waals surface area contributed by atoms with Gasteiger partial charge in [0.25, 0.3) is 0 Å². The zero-order chi connectivity index (χ0) is 19.3. The second-order valence-electron chi connectivity index (χ2n) is 6.89. The number of sulfone groups is 1. The van der Waals surface area contributed by atoms with E-state index in [-0.39, 0.29) is 47.2 Å². The summed E-state index contributed by atoms with van der Waals surface area (Å²) in [4.78, 5) is 12.8. The molecule has 1 atom stereocenters. The Hall–Kier alpha value is -1.43. The van der Waals surface area contributed by atoms with E-state index in [0.717, 1.165) is 5.96 Å². The van der Waals surface area contributed by atoms with Gasteiger partial charge in [-0.05, 0) is 24.5 Å². The van der Waals surface area contributed by atoms with Gasteiger partial charge in [0.2, 0.25) is 0 Å². The zero-order valence-electron chi connectivity index (χ0n) is 15.8. The van der Waals surface area contributed by atoms with Crippen molar-refractivity contribution in [3.8, 4) is 0 Å². The first-order chi connectivity index (χ1) is 13.0. The third-order valence-corrected chi connectivity index (χ3v) is 6.69. The topological polar surface area (TPSA) is 77.9 Å². The van der Waals surface area contributed by atoms with Crippen LogP contribution in [0.5, 0.6) is 0 Å². The largest absolute Gasteiger partial charge is 0.353 e. The van der Waals surface area contributed by atoms with Crippen molar-refractivity contribution in [3.05, 3.63) is 36.8 Å². The molecule has 1 aromatic heterocycles. The molecule has 28 heavy (non-hydrogen) atoms. The van der Waals surface area contributed by atoms with E-state index in [2.05, 4.69) is 26.8 Å². The lowest BCUT2D eigenvalue weighted by atomic mass is 10.1. The lowest BCUT2D eigenvalue weighted by Gasteiger charge is -2.37. The van der Waals surface area contributed by atoms with Gasteiger partial charge >= 0.3 is 0 Å². The Bertz CT molecular complexity index is 797. The van der Waals surface area contributed by atoms with Crippen molar-refractivity contribution in [2.24, 2.45) is 10.9 Å². The minimum atomic E-state index is -2.90. The maximum atomic E-state index is 13.9. The summed E-state index contributed by atoms with van der Waals surface area (Å²) in [6.07, 6.45) is 4.03. The Balaban J connectivity index is 0.00000280. The van der Waals surface area contributed by atoms with Gasteiger partial charge in [-0.25, -0.2) is 17.8 Å². The molecule has 1 aromatic rings. The molecule has 7 nitrogen and oxygen atoms in total. The summed E-state index contributed by atoms with van der Waals surface area (Å²) < 4.78 is 37.2. The van der Waals surface area contributed by atoms with Crippen molar-refractivity contribution in [2.45, 2.75) is 6.42 Å². The number of hydrogen-bond acceptors (Lipinski definition) is 5. The number of guanidine groups is 1. The van der Waals surface area contributed by atoms with Gasteiger partial charge in [0.05, 0.1) is 11.5 Å². The summed E-state index contributed by atoms with van der Waals surface area (Å²) in [5, 5.41) is 3.25. The fraction of sp³-hybridized carbons (Fsp3) is 0.556. The van der Waals surface area contributed by atoms with Crippen molar-refractivity contribution in [1.82, 2.24) is 15.2 Å². The first-order valence-electron chi connectivity index (χ1n) is 9.18. The summed E-state index contributed by atoms with van der Waals surface area (Å²) in [5.74, 6) is 1.38. The molecule has 0 amide bonds. The number of rotatable bonds is 5. The van der Waals surface area contributed by atoms with E-state index in [1.165, 1.54) is 6.07 Å². The molecule has 0 bridgehead atoms. The van der Waals surface area contributed by atoms with Crippen LogP contribution in [0, 0.1) is 11.7 Å². The molecule has 0 spiro atoms. The molecule has 0 saturated carbocycles. The average Bonchev–Trinajstić information content (AvgIpc) is 3.01. The van der Waals surface area contributed by atoms with Crippen LogP contribution in [0.4, 0.5) is 10.2 Å². The molecule has 0 aromatic carbocycles. The molecule has 3 rings (SSSR count). The Kier molecular flexibility index (Phi) is 8.47. The highest BCUT2D eigenvalue weighted by atomic mass is 127. The quantitative estimate of drug-likeness (QED) is 0.273. The highest BCUT2D eigenvalue weighted by Crippen LogP contribution is 2.19. The summed E-state index contributed by atoms with van der Waals surface area (Å²) in [5.41, 5.74) is 0. The molecule has 2 aliphatic heterocycles. The van der Waals surface area contributed by atoms with Gasteiger partial charge in [0.15, 0.2) is 27.4 Å². The van der Waals surface area contributed by atoms with E-state index in [1.807, 2.05) is 4.90 Å². The number of aromatic nitrogens is 1. The summed E-state index contributed by atoms with van der Waals surface area (Å²) in [7, 11) is -2.90.